The summed E-state index contributed by atoms with van der Waals surface area (Å²) in [6, 6.07) is 20.3. The quantitative estimate of drug-likeness (QED) is 0.750. The summed E-state index contributed by atoms with van der Waals surface area (Å²) in [5.41, 5.74) is 4.84. The highest BCUT2D eigenvalue weighted by molar-refractivity contribution is 5.37. The maximum atomic E-state index is 5.42. The molecule has 1 fully saturated rings. The number of benzene rings is 2. The van der Waals surface area contributed by atoms with Crippen molar-refractivity contribution in [1.82, 2.24) is 5.48 Å². The Balaban J connectivity index is 2.06. The van der Waals surface area contributed by atoms with E-state index < -0.39 is 5.72 Å². The number of hydrogen-bond acceptors (Lipinski definition) is 2. The van der Waals surface area contributed by atoms with Gasteiger partial charge in [0.25, 0.3) is 0 Å². The molecule has 0 atom stereocenters. The Morgan fingerprint density at radius 2 is 1.13 bits per heavy atom. The molecule has 1 N–H and O–H groups in total. The third kappa shape index (κ3) is 1.35. The third-order valence-electron chi connectivity index (χ3n) is 2.67. The highest BCUT2D eigenvalue weighted by Crippen LogP contribution is 2.39. The molecule has 0 radical (unpaired) electrons. The lowest BCUT2D eigenvalue weighted by Gasteiger charge is -2.09. The molecule has 2 nitrogen and oxygen atoms in total. The average molecular weight is 197 g/mol. The fourth-order valence-corrected chi connectivity index (χ4v) is 1.80. The van der Waals surface area contributed by atoms with Gasteiger partial charge in [-0.1, -0.05) is 60.7 Å². The molecule has 2 aromatic carbocycles. The molecule has 15 heavy (non-hydrogen) atoms. The Hall–Kier alpha value is -1.64. The fourth-order valence-electron chi connectivity index (χ4n) is 1.80. The second-order valence-corrected chi connectivity index (χ2v) is 3.62. The summed E-state index contributed by atoms with van der Waals surface area (Å²) in [5, 5.41) is 0. The highest BCUT2D eigenvalue weighted by Gasteiger charge is 2.48. The molecule has 1 saturated heterocycles. The number of rotatable bonds is 2. The van der Waals surface area contributed by atoms with Crippen molar-refractivity contribution < 1.29 is 4.84 Å². The van der Waals surface area contributed by atoms with E-state index in [0.717, 1.165) is 11.1 Å². The molecule has 3 rings (SSSR count). The SMILES string of the molecule is c1ccc(C2(c3ccccc3)NO2)cc1. The van der Waals surface area contributed by atoms with Gasteiger partial charge in [-0.3, -0.25) is 4.84 Å². The zero-order valence-corrected chi connectivity index (χ0v) is 8.18. The van der Waals surface area contributed by atoms with Crippen LogP contribution in [-0.2, 0) is 10.6 Å². The minimum atomic E-state index is -0.414. The first-order valence-corrected chi connectivity index (χ1v) is 4.98. The summed E-state index contributed by atoms with van der Waals surface area (Å²) in [6.45, 7) is 0. The van der Waals surface area contributed by atoms with Gasteiger partial charge in [0.1, 0.15) is 0 Å². The van der Waals surface area contributed by atoms with E-state index in [2.05, 4.69) is 29.7 Å². The summed E-state index contributed by atoms with van der Waals surface area (Å²) in [7, 11) is 0. The van der Waals surface area contributed by atoms with Gasteiger partial charge in [-0.15, -0.1) is 0 Å². The Kier molecular flexibility index (Phi) is 1.84. The maximum Gasteiger partial charge on any atom is 0.212 e. The molecule has 1 heterocycles. The Morgan fingerprint density at radius 1 is 0.733 bits per heavy atom. The van der Waals surface area contributed by atoms with Gasteiger partial charge in [-0.25, -0.2) is 0 Å². The molecule has 0 unspecified atom stereocenters. The van der Waals surface area contributed by atoms with Gasteiger partial charge in [0.05, 0.1) is 0 Å². The number of hydroxylamine groups is 1. The van der Waals surface area contributed by atoms with Crippen LogP contribution in [0.25, 0.3) is 0 Å². The standard InChI is InChI=1S/C13H11NO/c1-3-7-11(8-4-1)13(14-15-13)12-9-5-2-6-10-12/h1-10,14H. The monoisotopic (exact) mass is 197 g/mol. The van der Waals surface area contributed by atoms with Crippen molar-refractivity contribution in [3.8, 4) is 0 Å². The van der Waals surface area contributed by atoms with Gasteiger partial charge in [-0.05, 0) is 0 Å². The largest absolute Gasteiger partial charge is 0.264 e. The maximum absolute atomic E-state index is 5.42. The van der Waals surface area contributed by atoms with Crippen LogP contribution in [0.4, 0.5) is 0 Å². The van der Waals surface area contributed by atoms with E-state index in [9.17, 15) is 0 Å². The Labute approximate surface area is 88.5 Å². The van der Waals surface area contributed by atoms with Crippen LogP contribution in [0.15, 0.2) is 60.7 Å². The Morgan fingerprint density at radius 3 is 1.47 bits per heavy atom. The normalized spacial score (nSPS) is 17.3. The van der Waals surface area contributed by atoms with Crippen LogP contribution < -0.4 is 5.48 Å². The van der Waals surface area contributed by atoms with E-state index >= 15 is 0 Å². The van der Waals surface area contributed by atoms with Gasteiger partial charge in [-0.2, -0.15) is 5.48 Å². The molecule has 2 heteroatoms. The van der Waals surface area contributed by atoms with Crippen LogP contribution in [-0.4, -0.2) is 0 Å². The van der Waals surface area contributed by atoms with Crippen molar-refractivity contribution in [1.29, 1.82) is 0 Å². The zero-order chi connectivity index (χ0) is 10.1. The van der Waals surface area contributed by atoms with Crippen molar-refractivity contribution in [2.45, 2.75) is 5.72 Å². The Bertz CT molecular complexity index is 407. The molecule has 74 valence electrons. The van der Waals surface area contributed by atoms with E-state index in [1.807, 2.05) is 36.4 Å². The lowest BCUT2D eigenvalue weighted by atomic mass is 9.97. The van der Waals surface area contributed by atoms with Crippen molar-refractivity contribution in [3.63, 3.8) is 0 Å². The predicted molar refractivity (Wildman–Crippen MR) is 57.9 cm³/mol. The van der Waals surface area contributed by atoms with Gasteiger partial charge >= 0.3 is 0 Å². The van der Waals surface area contributed by atoms with Crippen LogP contribution >= 0.6 is 0 Å². The molecule has 0 bridgehead atoms. The van der Waals surface area contributed by atoms with Gasteiger partial charge < -0.3 is 0 Å². The van der Waals surface area contributed by atoms with Crippen LogP contribution in [0.5, 0.6) is 0 Å². The molecule has 0 saturated carbocycles. The van der Waals surface area contributed by atoms with Crippen LogP contribution in [0.3, 0.4) is 0 Å². The minimum Gasteiger partial charge on any atom is -0.264 e. The van der Waals surface area contributed by atoms with E-state index in [-0.39, 0.29) is 0 Å². The molecule has 0 aliphatic carbocycles. The summed E-state index contributed by atoms with van der Waals surface area (Å²) in [6.07, 6.45) is 0. The first kappa shape index (κ1) is 8.65. The third-order valence-corrected chi connectivity index (χ3v) is 2.67. The van der Waals surface area contributed by atoms with E-state index in [4.69, 9.17) is 4.84 Å². The average Bonchev–Trinajstić information content (AvgIpc) is 3.13. The van der Waals surface area contributed by atoms with E-state index in [1.54, 1.807) is 0 Å². The minimum absolute atomic E-state index is 0.414. The molecular formula is C13H11NO. The highest BCUT2D eigenvalue weighted by atomic mass is 16.8. The van der Waals surface area contributed by atoms with Crippen LogP contribution in [0.1, 0.15) is 11.1 Å². The summed E-state index contributed by atoms with van der Waals surface area (Å²) in [4.78, 5) is 5.42. The molecule has 0 spiro atoms. The second-order valence-electron chi connectivity index (χ2n) is 3.62. The van der Waals surface area contributed by atoms with Crippen LogP contribution in [0, 0.1) is 0 Å². The molecular weight excluding hydrogens is 186 g/mol. The second kappa shape index (κ2) is 3.19. The lowest BCUT2D eigenvalue weighted by molar-refractivity contribution is 0.327. The number of nitrogens with one attached hydrogen (secondary N) is 1. The smallest absolute Gasteiger partial charge is 0.212 e. The van der Waals surface area contributed by atoms with Crippen molar-refractivity contribution in [2.24, 2.45) is 0 Å². The van der Waals surface area contributed by atoms with Gasteiger partial charge in [0, 0.05) is 11.1 Å². The van der Waals surface area contributed by atoms with Crippen LogP contribution in [0.2, 0.25) is 0 Å². The predicted octanol–water partition coefficient (Wildman–Crippen LogP) is 2.42. The first-order valence-electron chi connectivity index (χ1n) is 4.98. The van der Waals surface area contributed by atoms with Gasteiger partial charge in [0.15, 0.2) is 0 Å². The van der Waals surface area contributed by atoms with E-state index in [1.165, 1.54) is 0 Å². The number of hydrogen-bond donors (Lipinski definition) is 1. The van der Waals surface area contributed by atoms with Crippen molar-refractivity contribution >= 4 is 0 Å². The molecule has 0 aromatic heterocycles. The van der Waals surface area contributed by atoms with Crippen molar-refractivity contribution in [2.75, 3.05) is 0 Å². The topological polar surface area (TPSA) is 34.5 Å². The molecule has 1 aliphatic rings. The summed E-state index contributed by atoms with van der Waals surface area (Å²) >= 11 is 0. The summed E-state index contributed by atoms with van der Waals surface area (Å²) in [5.74, 6) is 0. The summed E-state index contributed by atoms with van der Waals surface area (Å²) < 4.78 is 0. The van der Waals surface area contributed by atoms with Gasteiger partial charge in [0.2, 0.25) is 5.72 Å². The first-order chi connectivity index (χ1) is 7.42. The fraction of sp³-hybridized carbons (Fsp3) is 0.0769. The molecule has 0 amide bonds. The molecule has 1 aliphatic heterocycles. The lowest BCUT2D eigenvalue weighted by Crippen LogP contribution is -2.13. The van der Waals surface area contributed by atoms with Crippen molar-refractivity contribution in [3.05, 3.63) is 71.8 Å². The molecule has 2 aromatic rings. The van der Waals surface area contributed by atoms with E-state index in [0.29, 0.717) is 0 Å². The zero-order valence-electron chi connectivity index (χ0n) is 8.18.